The first-order valence-electron chi connectivity index (χ1n) is 4.42. The molecule has 1 unspecified atom stereocenters. The molecule has 0 fully saturated rings. The van der Waals surface area contributed by atoms with E-state index in [0.29, 0.717) is 12.1 Å². The van der Waals surface area contributed by atoms with Crippen LogP contribution in [0.1, 0.15) is 18.1 Å². The number of nitriles is 1. The van der Waals surface area contributed by atoms with Crippen molar-refractivity contribution in [1.82, 2.24) is 0 Å². The van der Waals surface area contributed by atoms with E-state index >= 15 is 0 Å². The summed E-state index contributed by atoms with van der Waals surface area (Å²) in [4.78, 5) is 0. The molecule has 1 aromatic rings. The predicted octanol–water partition coefficient (Wildman–Crippen LogP) is 1.38. The van der Waals surface area contributed by atoms with Crippen LogP contribution in [-0.2, 0) is 10.3 Å². The first kappa shape index (κ1) is 10.7. The van der Waals surface area contributed by atoms with Gasteiger partial charge in [-0.25, -0.2) is 0 Å². The maximum absolute atomic E-state index is 8.75. The molecule has 0 radical (unpaired) electrons. The summed E-state index contributed by atoms with van der Waals surface area (Å²) >= 11 is 0. The van der Waals surface area contributed by atoms with Crippen LogP contribution in [0.5, 0.6) is 0 Å². The third-order valence-electron chi connectivity index (χ3n) is 2.44. The van der Waals surface area contributed by atoms with Crippen molar-refractivity contribution in [3.05, 3.63) is 35.4 Å². The monoisotopic (exact) mass is 190 g/mol. The van der Waals surface area contributed by atoms with Crippen LogP contribution in [0, 0.1) is 11.3 Å². The van der Waals surface area contributed by atoms with E-state index in [9.17, 15) is 0 Å². The summed E-state index contributed by atoms with van der Waals surface area (Å²) in [7, 11) is 1.62. The summed E-state index contributed by atoms with van der Waals surface area (Å²) in [5.41, 5.74) is 6.68. The van der Waals surface area contributed by atoms with Gasteiger partial charge in [-0.2, -0.15) is 5.26 Å². The molecule has 0 spiro atoms. The fraction of sp³-hybridized carbons (Fsp3) is 0.364. The van der Waals surface area contributed by atoms with Crippen LogP contribution in [0.2, 0.25) is 0 Å². The molecule has 14 heavy (non-hydrogen) atoms. The molecule has 0 aromatic heterocycles. The Balaban J connectivity index is 3.12. The number of ether oxygens (including phenoxy) is 1. The SMILES string of the molecule is COC(C)(CN)c1cccc(C#N)c1. The number of nitrogens with two attached hydrogens (primary N) is 1. The molecular weight excluding hydrogens is 176 g/mol. The molecule has 3 nitrogen and oxygen atoms in total. The molecular formula is C11H14N2O. The second kappa shape index (κ2) is 4.23. The minimum absolute atomic E-state index is 0.387. The Morgan fingerprint density at radius 3 is 2.79 bits per heavy atom. The lowest BCUT2D eigenvalue weighted by Gasteiger charge is -2.26. The molecule has 0 saturated heterocycles. The zero-order valence-electron chi connectivity index (χ0n) is 8.45. The molecule has 3 heteroatoms. The summed E-state index contributed by atoms with van der Waals surface area (Å²) in [6, 6.07) is 9.40. The Kier molecular flexibility index (Phi) is 3.23. The largest absolute Gasteiger partial charge is 0.372 e. The minimum Gasteiger partial charge on any atom is -0.372 e. The van der Waals surface area contributed by atoms with Gasteiger partial charge >= 0.3 is 0 Å². The molecule has 0 aliphatic heterocycles. The van der Waals surface area contributed by atoms with Gasteiger partial charge in [0.2, 0.25) is 0 Å². The van der Waals surface area contributed by atoms with Crippen LogP contribution >= 0.6 is 0 Å². The van der Waals surface area contributed by atoms with Crippen molar-refractivity contribution >= 4 is 0 Å². The molecule has 0 amide bonds. The molecule has 1 rings (SSSR count). The van der Waals surface area contributed by atoms with Crippen molar-refractivity contribution in [1.29, 1.82) is 5.26 Å². The van der Waals surface area contributed by atoms with Crippen LogP contribution in [0.15, 0.2) is 24.3 Å². The Morgan fingerprint density at radius 1 is 1.57 bits per heavy atom. The van der Waals surface area contributed by atoms with E-state index in [0.717, 1.165) is 5.56 Å². The van der Waals surface area contributed by atoms with Crippen molar-refractivity contribution in [3.63, 3.8) is 0 Å². The molecule has 1 aromatic carbocycles. The molecule has 74 valence electrons. The lowest BCUT2D eigenvalue weighted by atomic mass is 9.94. The quantitative estimate of drug-likeness (QED) is 0.783. The standard InChI is InChI=1S/C11H14N2O/c1-11(8-13,14-2)10-5-3-4-9(6-10)7-12/h3-6H,8,13H2,1-2H3. The highest BCUT2D eigenvalue weighted by Gasteiger charge is 2.24. The van der Waals surface area contributed by atoms with Crippen LogP contribution in [0.25, 0.3) is 0 Å². The highest BCUT2D eigenvalue weighted by Crippen LogP contribution is 2.23. The lowest BCUT2D eigenvalue weighted by Crippen LogP contribution is -2.33. The van der Waals surface area contributed by atoms with Gasteiger partial charge in [-0.15, -0.1) is 0 Å². The lowest BCUT2D eigenvalue weighted by molar-refractivity contribution is 0.0101. The van der Waals surface area contributed by atoms with Gasteiger partial charge in [0.25, 0.3) is 0 Å². The highest BCUT2D eigenvalue weighted by molar-refractivity contribution is 5.35. The number of hydrogen-bond acceptors (Lipinski definition) is 3. The van der Waals surface area contributed by atoms with Crippen LogP contribution in [0.3, 0.4) is 0 Å². The average molecular weight is 190 g/mol. The number of methoxy groups -OCH3 is 1. The predicted molar refractivity (Wildman–Crippen MR) is 54.6 cm³/mol. The first-order valence-corrected chi connectivity index (χ1v) is 4.42. The van der Waals surface area contributed by atoms with E-state index < -0.39 is 5.60 Å². The molecule has 0 aliphatic rings. The Bertz CT molecular complexity index is 351. The third-order valence-corrected chi connectivity index (χ3v) is 2.44. The fourth-order valence-corrected chi connectivity index (χ4v) is 1.24. The summed E-state index contributed by atoms with van der Waals surface area (Å²) in [6.45, 7) is 2.29. The van der Waals surface area contributed by atoms with Gasteiger partial charge < -0.3 is 10.5 Å². The summed E-state index contributed by atoms with van der Waals surface area (Å²) < 4.78 is 5.34. The topological polar surface area (TPSA) is 59.0 Å². The highest BCUT2D eigenvalue weighted by atomic mass is 16.5. The zero-order valence-corrected chi connectivity index (χ0v) is 8.45. The number of benzene rings is 1. The Morgan fingerprint density at radius 2 is 2.29 bits per heavy atom. The maximum Gasteiger partial charge on any atom is 0.102 e. The van der Waals surface area contributed by atoms with Crippen LogP contribution in [-0.4, -0.2) is 13.7 Å². The smallest absolute Gasteiger partial charge is 0.102 e. The number of rotatable bonds is 3. The first-order chi connectivity index (χ1) is 6.66. The van der Waals surface area contributed by atoms with Gasteiger partial charge in [0.15, 0.2) is 0 Å². The zero-order chi connectivity index (χ0) is 10.6. The van der Waals surface area contributed by atoms with E-state index in [4.69, 9.17) is 15.7 Å². The molecule has 2 N–H and O–H groups in total. The van der Waals surface area contributed by atoms with Crippen molar-refractivity contribution in [2.24, 2.45) is 5.73 Å². The summed E-state index contributed by atoms with van der Waals surface area (Å²) in [5.74, 6) is 0. The van der Waals surface area contributed by atoms with Gasteiger partial charge in [-0.05, 0) is 24.6 Å². The number of nitrogens with zero attached hydrogens (tertiary/aromatic N) is 1. The molecule has 0 aliphatic carbocycles. The van der Waals surface area contributed by atoms with E-state index in [-0.39, 0.29) is 0 Å². The van der Waals surface area contributed by atoms with Crippen molar-refractivity contribution in [2.45, 2.75) is 12.5 Å². The van der Waals surface area contributed by atoms with Gasteiger partial charge in [-0.3, -0.25) is 0 Å². The average Bonchev–Trinajstić information content (AvgIpc) is 2.28. The van der Waals surface area contributed by atoms with Gasteiger partial charge in [0.05, 0.1) is 11.6 Å². The second-order valence-corrected chi connectivity index (χ2v) is 3.33. The van der Waals surface area contributed by atoms with Crippen molar-refractivity contribution in [3.8, 4) is 6.07 Å². The molecule has 0 bridgehead atoms. The van der Waals surface area contributed by atoms with Crippen LogP contribution in [0.4, 0.5) is 0 Å². The molecule has 0 heterocycles. The molecule has 1 atom stereocenters. The van der Waals surface area contributed by atoms with Gasteiger partial charge in [0, 0.05) is 13.7 Å². The summed E-state index contributed by atoms with van der Waals surface area (Å²) in [5, 5.41) is 8.75. The van der Waals surface area contributed by atoms with E-state index in [1.807, 2.05) is 19.1 Å². The van der Waals surface area contributed by atoms with Gasteiger partial charge in [0.1, 0.15) is 5.60 Å². The van der Waals surface area contributed by atoms with Crippen molar-refractivity contribution in [2.75, 3.05) is 13.7 Å². The maximum atomic E-state index is 8.75. The number of hydrogen-bond donors (Lipinski definition) is 1. The third kappa shape index (κ3) is 1.92. The minimum atomic E-state index is -0.507. The fourth-order valence-electron chi connectivity index (χ4n) is 1.24. The second-order valence-electron chi connectivity index (χ2n) is 3.33. The van der Waals surface area contributed by atoms with E-state index in [1.54, 1.807) is 19.2 Å². The Hall–Kier alpha value is -1.37. The summed E-state index contributed by atoms with van der Waals surface area (Å²) in [6.07, 6.45) is 0. The van der Waals surface area contributed by atoms with E-state index in [1.165, 1.54) is 0 Å². The Labute approximate surface area is 84.1 Å². The molecule has 0 saturated carbocycles. The van der Waals surface area contributed by atoms with Gasteiger partial charge in [-0.1, -0.05) is 12.1 Å². The van der Waals surface area contributed by atoms with Crippen molar-refractivity contribution < 1.29 is 4.74 Å². The normalized spacial score (nSPS) is 14.4. The van der Waals surface area contributed by atoms with E-state index in [2.05, 4.69) is 6.07 Å². The van der Waals surface area contributed by atoms with Crippen LogP contribution < -0.4 is 5.73 Å².